The Kier molecular flexibility index (Phi) is 1.82. The van der Waals surface area contributed by atoms with E-state index in [1.165, 1.54) is 0 Å². The van der Waals surface area contributed by atoms with Crippen molar-refractivity contribution in [3.63, 3.8) is 0 Å². The number of nitrogens with one attached hydrogen (secondary N) is 1. The number of amides is 1. The van der Waals surface area contributed by atoms with Crippen molar-refractivity contribution in [1.29, 1.82) is 0 Å². The second-order valence-corrected chi connectivity index (χ2v) is 4.54. The van der Waals surface area contributed by atoms with E-state index in [4.69, 9.17) is 4.74 Å². The summed E-state index contributed by atoms with van der Waals surface area (Å²) in [6.45, 7) is 2.37. The van der Waals surface area contributed by atoms with Crippen LogP contribution in [0.3, 0.4) is 0 Å². The average Bonchev–Trinajstić information content (AvgIpc) is 2.93. The van der Waals surface area contributed by atoms with Gasteiger partial charge < -0.3 is 9.64 Å². The van der Waals surface area contributed by atoms with Gasteiger partial charge in [-0.1, -0.05) is 0 Å². The Morgan fingerprint density at radius 2 is 2.07 bits per heavy atom. The lowest BCUT2D eigenvalue weighted by atomic mass is 10.1. The van der Waals surface area contributed by atoms with E-state index in [9.17, 15) is 4.79 Å². The second kappa shape index (κ2) is 2.94. The molecule has 2 heterocycles. The third-order valence-electron chi connectivity index (χ3n) is 3.64. The van der Waals surface area contributed by atoms with Crippen LogP contribution in [-0.4, -0.2) is 42.3 Å². The summed E-state index contributed by atoms with van der Waals surface area (Å²) in [5.41, 5.74) is -0.127. The predicted octanol–water partition coefficient (Wildman–Crippen LogP) is 0.0873. The lowest BCUT2D eigenvalue weighted by molar-refractivity contribution is -0.133. The zero-order valence-electron chi connectivity index (χ0n) is 8.29. The number of rotatable bonds is 1. The van der Waals surface area contributed by atoms with Gasteiger partial charge in [0.25, 0.3) is 0 Å². The summed E-state index contributed by atoms with van der Waals surface area (Å²) in [6, 6.07) is 0.420. The molecule has 0 aromatic heterocycles. The van der Waals surface area contributed by atoms with Crippen LogP contribution in [0.25, 0.3) is 0 Å². The van der Waals surface area contributed by atoms with Crippen molar-refractivity contribution < 1.29 is 9.53 Å². The highest BCUT2D eigenvalue weighted by molar-refractivity contribution is 5.91. The third kappa shape index (κ3) is 1.17. The first kappa shape index (κ1) is 8.68. The highest BCUT2D eigenvalue weighted by Gasteiger charge is 2.56. The molecule has 0 radical (unpaired) electrons. The molecular formula is C10H16N2O2. The van der Waals surface area contributed by atoms with Crippen LogP contribution in [0.15, 0.2) is 0 Å². The molecule has 4 nitrogen and oxygen atoms in total. The van der Waals surface area contributed by atoms with Gasteiger partial charge in [-0.2, -0.15) is 0 Å². The van der Waals surface area contributed by atoms with Gasteiger partial charge in [0, 0.05) is 19.3 Å². The van der Waals surface area contributed by atoms with Crippen molar-refractivity contribution in [2.24, 2.45) is 0 Å². The number of hydrogen-bond donors (Lipinski definition) is 1. The van der Waals surface area contributed by atoms with Crippen LogP contribution in [0.5, 0.6) is 0 Å². The van der Waals surface area contributed by atoms with E-state index in [0.29, 0.717) is 11.9 Å². The second-order valence-electron chi connectivity index (χ2n) is 4.54. The maximum Gasteiger partial charge on any atom is 0.244 e. The Morgan fingerprint density at radius 3 is 2.64 bits per heavy atom. The van der Waals surface area contributed by atoms with Gasteiger partial charge in [-0.05, 0) is 25.7 Å². The molecule has 1 N–H and O–H groups in total. The lowest BCUT2D eigenvalue weighted by Crippen LogP contribution is -2.42. The minimum atomic E-state index is -0.127. The van der Waals surface area contributed by atoms with Gasteiger partial charge in [0.15, 0.2) is 0 Å². The van der Waals surface area contributed by atoms with E-state index in [1.54, 1.807) is 0 Å². The summed E-state index contributed by atoms with van der Waals surface area (Å²) < 4.78 is 5.30. The number of nitrogens with zero attached hydrogens (tertiary/aromatic N) is 1. The topological polar surface area (TPSA) is 41.6 Å². The van der Waals surface area contributed by atoms with Gasteiger partial charge >= 0.3 is 0 Å². The molecule has 0 aromatic rings. The molecule has 3 fully saturated rings. The Morgan fingerprint density at radius 1 is 1.36 bits per heavy atom. The summed E-state index contributed by atoms with van der Waals surface area (Å²) in [5, 5.41) is 3.34. The molecule has 0 unspecified atom stereocenters. The summed E-state index contributed by atoms with van der Waals surface area (Å²) in [7, 11) is 0. The van der Waals surface area contributed by atoms with E-state index in [2.05, 4.69) is 5.32 Å². The van der Waals surface area contributed by atoms with Crippen molar-refractivity contribution in [3.05, 3.63) is 0 Å². The van der Waals surface area contributed by atoms with E-state index in [-0.39, 0.29) is 5.54 Å². The fourth-order valence-corrected chi connectivity index (χ4v) is 2.47. The predicted molar refractivity (Wildman–Crippen MR) is 50.7 cm³/mol. The Bertz CT molecular complexity index is 257. The standard InChI is InChI=1S/C10H16N2O2/c13-9-10(3-4-10)11-7-12(9)8-1-5-14-6-2-8/h8,11H,1-7H2. The first-order valence-corrected chi connectivity index (χ1v) is 5.46. The monoisotopic (exact) mass is 196 g/mol. The first-order chi connectivity index (χ1) is 6.82. The van der Waals surface area contributed by atoms with Crippen LogP contribution in [0.4, 0.5) is 0 Å². The maximum atomic E-state index is 12.0. The Hall–Kier alpha value is -0.610. The molecular weight excluding hydrogens is 180 g/mol. The van der Waals surface area contributed by atoms with Gasteiger partial charge in [0.05, 0.1) is 12.2 Å². The summed E-state index contributed by atoms with van der Waals surface area (Å²) >= 11 is 0. The van der Waals surface area contributed by atoms with Crippen LogP contribution < -0.4 is 5.32 Å². The molecule has 3 rings (SSSR count). The quantitative estimate of drug-likeness (QED) is 0.646. The minimum absolute atomic E-state index is 0.127. The smallest absolute Gasteiger partial charge is 0.244 e. The number of ether oxygens (including phenoxy) is 1. The van der Waals surface area contributed by atoms with E-state index in [0.717, 1.165) is 45.6 Å². The number of hydrogen-bond acceptors (Lipinski definition) is 3. The molecule has 0 aromatic carbocycles. The normalized spacial score (nSPS) is 31.4. The molecule has 2 saturated heterocycles. The van der Waals surface area contributed by atoms with Crippen molar-refractivity contribution >= 4 is 5.91 Å². The molecule has 1 aliphatic carbocycles. The van der Waals surface area contributed by atoms with Crippen molar-refractivity contribution in [2.45, 2.75) is 37.3 Å². The maximum absolute atomic E-state index is 12.0. The first-order valence-electron chi connectivity index (χ1n) is 5.46. The van der Waals surface area contributed by atoms with Crippen LogP contribution in [0, 0.1) is 0 Å². The molecule has 1 amide bonds. The summed E-state index contributed by atoms with van der Waals surface area (Å²) in [4.78, 5) is 14.0. The fraction of sp³-hybridized carbons (Fsp3) is 0.900. The van der Waals surface area contributed by atoms with Crippen LogP contribution >= 0.6 is 0 Å². The summed E-state index contributed by atoms with van der Waals surface area (Å²) in [5.74, 6) is 0.337. The number of carbonyl (C=O) groups excluding carboxylic acids is 1. The van der Waals surface area contributed by atoms with Crippen LogP contribution in [0.1, 0.15) is 25.7 Å². The van der Waals surface area contributed by atoms with Gasteiger partial charge in [-0.15, -0.1) is 0 Å². The fourth-order valence-electron chi connectivity index (χ4n) is 2.47. The highest BCUT2D eigenvalue weighted by Crippen LogP contribution is 2.41. The molecule has 4 heteroatoms. The van der Waals surface area contributed by atoms with Crippen molar-refractivity contribution in [2.75, 3.05) is 19.9 Å². The van der Waals surface area contributed by atoms with Crippen LogP contribution in [0.2, 0.25) is 0 Å². The summed E-state index contributed by atoms with van der Waals surface area (Å²) in [6.07, 6.45) is 4.07. The zero-order valence-corrected chi connectivity index (χ0v) is 8.29. The molecule has 0 bridgehead atoms. The van der Waals surface area contributed by atoms with Crippen molar-refractivity contribution in [1.82, 2.24) is 10.2 Å². The largest absolute Gasteiger partial charge is 0.381 e. The van der Waals surface area contributed by atoms with Gasteiger partial charge in [-0.3, -0.25) is 10.1 Å². The Labute approximate surface area is 83.6 Å². The lowest BCUT2D eigenvalue weighted by Gasteiger charge is -2.30. The van der Waals surface area contributed by atoms with Gasteiger partial charge in [0.1, 0.15) is 0 Å². The van der Waals surface area contributed by atoms with E-state index >= 15 is 0 Å². The van der Waals surface area contributed by atoms with Gasteiger partial charge in [0.2, 0.25) is 5.91 Å². The number of carbonyl (C=O) groups is 1. The van der Waals surface area contributed by atoms with Crippen LogP contribution in [-0.2, 0) is 9.53 Å². The highest BCUT2D eigenvalue weighted by atomic mass is 16.5. The van der Waals surface area contributed by atoms with Crippen molar-refractivity contribution in [3.8, 4) is 0 Å². The SMILES string of the molecule is O=C1N(C2CCOCC2)CNC12CC2. The molecule has 3 aliphatic rings. The molecule has 1 spiro atoms. The average molecular weight is 196 g/mol. The molecule has 78 valence electrons. The van der Waals surface area contributed by atoms with Gasteiger partial charge in [-0.25, -0.2) is 0 Å². The molecule has 14 heavy (non-hydrogen) atoms. The minimum Gasteiger partial charge on any atom is -0.381 e. The molecule has 2 aliphatic heterocycles. The zero-order chi connectivity index (χ0) is 9.60. The van der Waals surface area contributed by atoms with E-state index < -0.39 is 0 Å². The van der Waals surface area contributed by atoms with E-state index in [1.807, 2.05) is 4.90 Å². The molecule has 1 saturated carbocycles. The Balaban J connectivity index is 1.70. The molecule has 0 atom stereocenters. The third-order valence-corrected chi connectivity index (χ3v) is 3.64.